The number of halogens is 1. The molecule has 0 amide bonds. The van der Waals surface area contributed by atoms with Gasteiger partial charge in [0.05, 0.1) is 7.11 Å². The lowest BCUT2D eigenvalue weighted by Crippen LogP contribution is -2.30. The molecule has 38 heavy (non-hydrogen) atoms. The van der Waals surface area contributed by atoms with Crippen molar-refractivity contribution in [3.63, 3.8) is 0 Å². The molecular weight excluding hydrogens is 528 g/mol. The summed E-state index contributed by atoms with van der Waals surface area (Å²) >= 11 is 6.45. The molecule has 0 saturated heterocycles. The fourth-order valence-corrected chi connectivity index (χ4v) is 4.12. The molecule has 2 aromatic heterocycles. The molecular formula is C26H25ClN6O4S. The average Bonchev–Trinajstić information content (AvgIpc) is 2.95. The molecule has 0 aliphatic heterocycles. The predicted molar refractivity (Wildman–Crippen MR) is 145 cm³/mol. The number of ether oxygens (including phenoxy) is 2. The number of hydrogen-bond donors (Lipinski definition) is 2. The summed E-state index contributed by atoms with van der Waals surface area (Å²) in [6, 6.07) is 20.7. The predicted octanol–water partition coefficient (Wildman–Crippen LogP) is 5.34. The number of benzene rings is 2. The van der Waals surface area contributed by atoms with Crippen LogP contribution in [0.3, 0.4) is 0 Å². The zero-order chi connectivity index (χ0) is 27.5. The first-order valence-electron chi connectivity index (χ1n) is 11.4. The number of anilines is 1. The van der Waals surface area contributed by atoms with Crippen molar-refractivity contribution in [2.75, 3.05) is 11.8 Å². The van der Waals surface area contributed by atoms with Gasteiger partial charge in [0.25, 0.3) is 0 Å². The molecule has 0 aliphatic carbocycles. The van der Waals surface area contributed by atoms with Gasteiger partial charge in [-0.3, -0.25) is 4.72 Å². The Labute approximate surface area is 226 Å². The molecule has 0 atom stereocenters. The summed E-state index contributed by atoms with van der Waals surface area (Å²) in [7, 11) is -2.65. The van der Waals surface area contributed by atoms with Gasteiger partial charge in [-0.25, -0.2) is 15.0 Å². The van der Waals surface area contributed by atoms with Crippen molar-refractivity contribution in [3.8, 4) is 34.7 Å². The van der Waals surface area contributed by atoms with Crippen LogP contribution >= 0.6 is 11.6 Å². The van der Waals surface area contributed by atoms with Crippen LogP contribution in [0.4, 0.5) is 5.82 Å². The van der Waals surface area contributed by atoms with E-state index in [-0.39, 0.29) is 40.5 Å². The van der Waals surface area contributed by atoms with Crippen LogP contribution in [0.5, 0.6) is 17.2 Å². The Balaban J connectivity index is 0.00000195. The fraction of sp³-hybridized carbons (Fsp3) is 0.154. The minimum Gasteiger partial charge on any atom is -0.493 e. The molecule has 10 nitrogen and oxygen atoms in total. The van der Waals surface area contributed by atoms with Crippen molar-refractivity contribution in [3.05, 3.63) is 89.3 Å². The molecule has 196 valence electrons. The Bertz CT molecular complexity index is 1530. The highest BCUT2D eigenvalue weighted by Gasteiger charge is 2.22. The summed E-state index contributed by atoms with van der Waals surface area (Å²) in [6.07, 6.45) is 1.41. The molecule has 0 radical (unpaired) electrons. The van der Waals surface area contributed by atoms with Crippen molar-refractivity contribution in [1.29, 1.82) is 5.26 Å². The van der Waals surface area contributed by atoms with Gasteiger partial charge in [-0.2, -0.15) is 18.4 Å². The van der Waals surface area contributed by atoms with E-state index in [9.17, 15) is 13.7 Å². The highest BCUT2D eigenvalue weighted by molar-refractivity contribution is 7.90. The van der Waals surface area contributed by atoms with Crippen molar-refractivity contribution in [1.82, 2.24) is 19.7 Å². The first kappa shape index (κ1) is 28.3. The van der Waals surface area contributed by atoms with Crippen molar-refractivity contribution >= 4 is 27.6 Å². The Kier molecular flexibility index (Phi) is 9.95. The standard InChI is InChI=1S/C24H19ClN6O4S.C2H6/c1-34-19-9-5-6-10-20(19)35-21-22(25)29-23(17-11-12-27-18(13-17)14-26)30-24(21)31-36(32,33)28-15-16-7-3-2-4-8-16;1-2/h2-13,28H,15H2,1H3,(H,29,30,31);1-2H3. The highest BCUT2D eigenvalue weighted by Crippen LogP contribution is 2.39. The van der Waals surface area contributed by atoms with E-state index in [1.165, 1.54) is 19.4 Å². The first-order chi connectivity index (χ1) is 18.4. The summed E-state index contributed by atoms with van der Waals surface area (Å²) in [5, 5.41) is 9.01. The largest absolute Gasteiger partial charge is 0.493 e. The fourth-order valence-electron chi connectivity index (χ4n) is 3.09. The summed E-state index contributed by atoms with van der Waals surface area (Å²) < 4.78 is 41.8. The minimum atomic E-state index is -4.12. The molecule has 0 fully saturated rings. The highest BCUT2D eigenvalue weighted by atomic mass is 35.5. The third kappa shape index (κ3) is 7.39. The Hall–Kier alpha value is -4.24. The second-order valence-electron chi connectivity index (χ2n) is 7.22. The molecule has 0 aliphatic rings. The van der Waals surface area contributed by atoms with E-state index in [0.717, 1.165) is 5.56 Å². The van der Waals surface area contributed by atoms with Crippen LogP contribution in [0.1, 0.15) is 25.1 Å². The molecule has 2 aromatic carbocycles. The van der Waals surface area contributed by atoms with Gasteiger partial charge in [0.1, 0.15) is 11.8 Å². The number of pyridine rings is 1. The Morgan fingerprint density at radius 2 is 1.68 bits per heavy atom. The Morgan fingerprint density at radius 1 is 1.00 bits per heavy atom. The SMILES string of the molecule is CC.COc1ccccc1Oc1c(Cl)nc(-c2ccnc(C#N)c2)nc1NS(=O)(=O)NCc1ccccc1. The van der Waals surface area contributed by atoms with Crippen LogP contribution in [0, 0.1) is 11.3 Å². The second kappa shape index (κ2) is 13.3. The Morgan fingerprint density at radius 3 is 2.37 bits per heavy atom. The van der Waals surface area contributed by atoms with E-state index >= 15 is 0 Å². The maximum atomic E-state index is 12.9. The quantitative estimate of drug-likeness (QED) is 0.265. The second-order valence-corrected chi connectivity index (χ2v) is 9.08. The van der Waals surface area contributed by atoms with E-state index in [1.807, 2.05) is 26.0 Å². The summed E-state index contributed by atoms with van der Waals surface area (Å²) in [5.74, 6) is 0.372. The summed E-state index contributed by atoms with van der Waals surface area (Å²) in [5.41, 5.74) is 1.30. The third-order valence-corrected chi connectivity index (χ3v) is 6.02. The average molecular weight is 553 g/mol. The van der Waals surface area contributed by atoms with Gasteiger partial charge >= 0.3 is 10.2 Å². The van der Waals surface area contributed by atoms with E-state index in [2.05, 4.69) is 24.4 Å². The van der Waals surface area contributed by atoms with Gasteiger partial charge in [0.15, 0.2) is 28.3 Å². The number of aromatic nitrogens is 3. The van der Waals surface area contributed by atoms with E-state index in [0.29, 0.717) is 11.3 Å². The van der Waals surface area contributed by atoms with E-state index in [4.69, 9.17) is 21.1 Å². The van der Waals surface area contributed by atoms with Gasteiger partial charge < -0.3 is 9.47 Å². The zero-order valence-electron chi connectivity index (χ0n) is 20.8. The third-order valence-electron chi connectivity index (χ3n) is 4.78. The molecule has 4 aromatic rings. The summed E-state index contributed by atoms with van der Waals surface area (Å²) in [6.45, 7) is 4.04. The molecule has 2 N–H and O–H groups in total. The molecule has 4 rings (SSSR count). The van der Waals surface area contributed by atoms with E-state index in [1.54, 1.807) is 54.6 Å². The van der Waals surface area contributed by atoms with Gasteiger partial charge in [0, 0.05) is 18.3 Å². The maximum Gasteiger partial charge on any atom is 0.300 e. The lowest BCUT2D eigenvalue weighted by Gasteiger charge is -2.16. The number of nitrogens with one attached hydrogen (secondary N) is 2. The van der Waals surface area contributed by atoms with E-state index < -0.39 is 10.2 Å². The van der Waals surface area contributed by atoms with Crippen molar-refractivity contribution in [2.45, 2.75) is 20.4 Å². The number of rotatable bonds is 9. The summed E-state index contributed by atoms with van der Waals surface area (Å²) in [4.78, 5) is 12.5. The molecule has 12 heteroatoms. The molecule has 0 saturated carbocycles. The normalized spacial score (nSPS) is 10.5. The van der Waals surface area contributed by atoms with Gasteiger partial charge in [-0.15, -0.1) is 0 Å². The van der Waals surface area contributed by atoms with Crippen LogP contribution in [-0.4, -0.2) is 30.5 Å². The minimum absolute atomic E-state index is 0.0421. The maximum absolute atomic E-state index is 12.9. The monoisotopic (exact) mass is 552 g/mol. The molecule has 0 unspecified atom stereocenters. The lowest BCUT2D eigenvalue weighted by molar-refractivity contribution is 0.378. The molecule has 2 heterocycles. The topological polar surface area (TPSA) is 139 Å². The van der Waals surface area contributed by atoms with Gasteiger partial charge in [0.2, 0.25) is 5.75 Å². The van der Waals surface area contributed by atoms with Crippen LogP contribution < -0.4 is 18.9 Å². The lowest BCUT2D eigenvalue weighted by atomic mass is 10.2. The van der Waals surface area contributed by atoms with Gasteiger partial charge in [-0.05, 0) is 29.8 Å². The zero-order valence-corrected chi connectivity index (χ0v) is 22.4. The van der Waals surface area contributed by atoms with Gasteiger partial charge in [-0.1, -0.05) is 67.9 Å². The number of nitrogens with zero attached hydrogens (tertiary/aromatic N) is 4. The smallest absolute Gasteiger partial charge is 0.300 e. The first-order valence-corrected chi connectivity index (χ1v) is 13.3. The number of para-hydroxylation sites is 2. The number of methoxy groups -OCH3 is 1. The van der Waals surface area contributed by atoms with Crippen molar-refractivity contribution < 1.29 is 17.9 Å². The molecule has 0 spiro atoms. The van der Waals surface area contributed by atoms with Crippen LogP contribution in [0.2, 0.25) is 5.15 Å². The number of nitriles is 1. The van der Waals surface area contributed by atoms with Crippen LogP contribution in [-0.2, 0) is 16.8 Å². The van der Waals surface area contributed by atoms with Crippen LogP contribution in [0.15, 0.2) is 72.9 Å². The number of hydrogen-bond acceptors (Lipinski definition) is 8. The van der Waals surface area contributed by atoms with Crippen molar-refractivity contribution in [2.24, 2.45) is 0 Å². The molecule has 0 bridgehead atoms. The van der Waals surface area contributed by atoms with Crippen LogP contribution in [0.25, 0.3) is 11.4 Å².